The van der Waals surface area contributed by atoms with Crippen molar-refractivity contribution in [3.05, 3.63) is 39.6 Å². The van der Waals surface area contributed by atoms with E-state index < -0.39 is 0 Å². The number of aryl methyl sites for hydroxylation is 1. The van der Waals surface area contributed by atoms with Crippen LogP contribution in [-0.2, 0) is 0 Å². The second kappa shape index (κ2) is 3.01. The van der Waals surface area contributed by atoms with Crippen molar-refractivity contribution in [2.45, 2.75) is 6.92 Å². The Morgan fingerprint density at radius 2 is 2.17 bits per heavy atom. The summed E-state index contributed by atoms with van der Waals surface area (Å²) in [7, 11) is 0. The maximum absolute atomic E-state index is 4.32. The Morgan fingerprint density at radius 1 is 1.33 bits per heavy atom. The van der Waals surface area contributed by atoms with Gasteiger partial charge < -0.3 is 0 Å². The zero-order valence-corrected chi connectivity index (χ0v) is 8.87. The van der Waals surface area contributed by atoms with Gasteiger partial charge in [0, 0.05) is 15.2 Å². The molecule has 0 atom stereocenters. The lowest BCUT2D eigenvalue weighted by atomic mass is 10.1. The molecule has 2 rings (SSSR count). The summed E-state index contributed by atoms with van der Waals surface area (Å²) in [6.45, 7) is 2.09. The molecule has 60 valence electrons. The summed E-state index contributed by atoms with van der Waals surface area (Å²) in [5.41, 5.74) is 2.36. The smallest absolute Gasteiger partial charge is 0.0731 e. The Labute approximate surface area is 85.0 Å². The third-order valence-corrected chi connectivity index (χ3v) is 2.48. The van der Waals surface area contributed by atoms with E-state index in [1.54, 1.807) is 0 Å². The number of rotatable bonds is 0. The normalized spacial score (nSPS) is 10.5. The molecule has 0 fully saturated rings. The highest BCUT2D eigenvalue weighted by Crippen LogP contribution is 2.18. The largest absolute Gasteiger partial charge is 0.256 e. The summed E-state index contributed by atoms with van der Waals surface area (Å²) in [6.07, 6.45) is 1.84. The zero-order chi connectivity index (χ0) is 8.55. The van der Waals surface area contributed by atoms with Crippen molar-refractivity contribution in [3.63, 3.8) is 0 Å². The second-order valence-corrected chi connectivity index (χ2v) is 4.04. The summed E-state index contributed by atoms with van der Waals surface area (Å²) in [5.74, 6) is 0. The number of hydrogen-bond donors (Lipinski definition) is 0. The summed E-state index contributed by atoms with van der Waals surface area (Å²) in [6, 6.07) is 8.36. The third kappa shape index (κ3) is 1.31. The van der Waals surface area contributed by atoms with Gasteiger partial charge in [0.1, 0.15) is 0 Å². The maximum atomic E-state index is 4.32. The lowest BCUT2D eigenvalue weighted by molar-refractivity contribution is 1.36. The van der Waals surface area contributed by atoms with Crippen LogP contribution in [0.2, 0.25) is 0 Å². The fourth-order valence-corrected chi connectivity index (χ4v) is 2.13. The Morgan fingerprint density at radius 3 is 3.00 bits per heavy atom. The first kappa shape index (κ1) is 7.98. The van der Waals surface area contributed by atoms with Crippen LogP contribution in [0.15, 0.2) is 30.5 Å². The number of nitrogens with zero attached hydrogens (tertiary/aromatic N) is 1. The molecule has 0 aliphatic rings. The number of aromatic nitrogens is 1. The number of pyridine rings is 1. The summed E-state index contributed by atoms with van der Waals surface area (Å²) >= 11 is 2.33. The molecule has 0 saturated heterocycles. The van der Waals surface area contributed by atoms with Gasteiger partial charge in [-0.2, -0.15) is 0 Å². The Hall–Kier alpha value is -0.640. The van der Waals surface area contributed by atoms with Crippen LogP contribution < -0.4 is 0 Å². The molecule has 0 bridgehead atoms. The molecular formula is C10H8IN. The van der Waals surface area contributed by atoms with Crippen molar-refractivity contribution >= 4 is 33.5 Å². The van der Waals surface area contributed by atoms with Gasteiger partial charge in [-0.3, -0.25) is 4.98 Å². The van der Waals surface area contributed by atoms with E-state index in [1.165, 1.54) is 14.5 Å². The van der Waals surface area contributed by atoms with E-state index in [-0.39, 0.29) is 0 Å². The van der Waals surface area contributed by atoms with Crippen molar-refractivity contribution in [2.75, 3.05) is 0 Å². The Bertz CT molecular complexity index is 423. The predicted octanol–water partition coefficient (Wildman–Crippen LogP) is 3.15. The van der Waals surface area contributed by atoms with Crippen LogP contribution in [0.5, 0.6) is 0 Å². The summed E-state index contributed by atoms with van der Waals surface area (Å²) in [5, 5.41) is 1.22. The first-order valence-corrected chi connectivity index (χ1v) is 4.86. The van der Waals surface area contributed by atoms with Gasteiger partial charge in [0.05, 0.1) is 5.52 Å². The molecule has 0 N–H and O–H groups in total. The molecule has 0 radical (unpaired) electrons. The molecular weight excluding hydrogens is 261 g/mol. The summed E-state index contributed by atoms with van der Waals surface area (Å²) < 4.78 is 1.27. The van der Waals surface area contributed by atoms with Crippen molar-refractivity contribution in [1.82, 2.24) is 4.98 Å². The van der Waals surface area contributed by atoms with E-state index in [1.807, 2.05) is 12.3 Å². The average molecular weight is 269 g/mol. The molecule has 0 saturated carbocycles. The number of halogens is 1. The fraction of sp³-hybridized carbons (Fsp3) is 0.100. The minimum absolute atomic E-state index is 1.11. The highest BCUT2D eigenvalue weighted by Gasteiger charge is 1.98. The van der Waals surface area contributed by atoms with Gasteiger partial charge in [-0.15, -0.1) is 0 Å². The zero-order valence-electron chi connectivity index (χ0n) is 6.71. The van der Waals surface area contributed by atoms with Gasteiger partial charge in [-0.1, -0.05) is 6.07 Å². The molecule has 2 aromatic rings. The molecule has 1 aromatic carbocycles. The van der Waals surface area contributed by atoms with E-state index in [4.69, 9.17) is 0 Å². The fourth-order valence-electron chi connectivity index (χ4n) is 1.33. The van der Waals surface area contributed by atoms with Crippen LogP contribution in [0.3, 0.4) is 0 Å². The van der Waals surface area contributed by atoms with Crippen LogP contribution in [-0.4, -0.2) is 4.98 Å². The van der Waals surface area contributed by atoms with Crippen LogP contribution in [0.4, 0.5) is 0 Å². The van der Waals surface area contributed by atoms with Gasteiger partial charge in [-0.25, -0.2) is 0 Å². The van der Waals surface area contributed by atoms with Crippen molar-refractivity contribution in [3.8, 4) is 0 Å². The highest BCUT2D eigenvalue weighted by molar-refractivity contribution is 14.1. The first-order valence-electron chi connectivity index (χ1n) is 3.78. The van der Waals surface area contributed by atoms with E-state index >= 15 is 0 Å². The van der Waals surface area contributed by atoms with Crippen LogP contribution in [0.25, 0.3) is 10.9 Å². The molecule has 0 unspecified atom stereocenters. The van der Waals surface area contributed by atoms with Crippen molar-refractivity contribution < 1.29 is 0 Å². The second-order valence-electron chi connectivity index (χ2n) is 2.80. The first-order chi connectivity index (χ1) is 5.77. The van der Waals surface area contributed by atoms with Gasteiger partial charge in [-0.05, 0) is 53.3 Å². The van der Waals surface area contributed by atoms with Gasteiger partial charge in [0.2, 0.25) is 0 Å². The minimum Gasteiger partial charge on any atom is -0.256 e. The molecule has 0 amide bonds. The maximum Gasteiger partial charge on any atom is 0.0731 e. The van der Waals surface area contributed by atoms with E-state index in [0.717, 1.165) is 5.52 Å². The number of hydrogen-bond acceptors (Lipinski definition) is 1. The van der Waals surface area contributed by atoms with Crippen molar-refractivity contribution in [2.24, 2.45) is 0 Å². The van der Waals surface area contributed by atoms with Crippen LogP contribution in [0, 0.1) is 10.5 Å². The van der Waals surface area contributed by atoms with Gasteiger partial charge in [0.15, 0.2) is 0 Å². The van der Waals surface area contributed by atoms with E-state index in [2.05, 4.69) is 52.7 Å². The van der Waals surface area contributed by atoms with Crippen LogP contribution >= 0.6 is 22.6 Å². The summed E-state index contributed by atoms with van der Waals surface area (Å²) in [4.78, 5) is 4.32. The average Bonchev–Trinajstić information content (AvgIpc) is 2.04. The molecule has 2 heteroatoms. The van der Waals surface area contributed by atoms with E-state index in [0.29, 0.717) is 0 Å². The Balaban J connectivity index is 2.89. The number of fused-ring (bicyclic) bond motifs is 1. The highest BCUT2D eigenvalue weighted by atomic mass is 127. The monoisotopic (exact) mass is 269 g/mol. The lowest BCUT2D eigenvalue weighted by Gasteiger charge is -2.00. The Kier molecular flexibility index (Phi) is 2.00. The third-order valence-electron chi connectivity index (χ3n) is 1.86. The molecule has 0 aliphatic carbocycles. The van der Waals surface area contributed by atoms with Gasteiger partial charge >= 0.3 is 0 Å². The van der Waals surface area contributed by atoms with Crippen LogP contribution in [0.1, 0.15) is 5.56 Å². The SMILES string of the molecule is Cc1cc(I)cc2cccnc12. The molecule has 12 heavy (non-hydrogen) atoms. The molecule has 0 spiro atoms. The van der Waals surface area contributed by atoms with E-state index in [9.17, 15) is 0 Å². The van der Waals surface area contributed by atoms with Crippen molar-refractivity contribution in [1.29, 1.82) is 0 Å². The topological polar surface area (TPSA) is 12.9 Å². The molecule has 1 aromatic heterocycles. The lowest BCUT2D eigenvalue weighted by Crippen LogP contribution is -1.83. The van der Waals surface area contributed by atoms with Gasteiger partial charge in [0.25, 0.3) is 0 Å². The number of benzene rings is 1. The standard InChI is InChI=1S/C10H8IN/c1-7-5-9(11)6-8-3-2-4-12-10(7)8/h2-6H,1H3. The molecule has 1 heterocycles. The molecule has 0 aliphatic heterocycles. The quantitative estimate of drug-likeness (QED) is 0.669. The molecule has 1 nitrogen and oxygen atoms in total. The minimum atomic E-state index is 1.11. The predicted molar refractivity (Wildman–Crippen MR) is 59.2 cm³/mol.